The van der Waals surface area contributed by atoms with Gasteiger partial charge in [0.1, 0.15) is 0 Å². The van der Waals surface area contributed by atoms with Gasteiger partial charge < -0.3 is 9.67 Å². The molecule has 3 aromatic rings. The van der Waals surface area contributed by atoms with Crippen LogP contribution < -0.4 is 0 Å². The van der Waals surface area contributed by atoms with Crippen LogP contribution in [0.5, 0.6) is 0 Å². The van der Waals surface area contributed by atoms with Gasteiger partial charge in [0, 0.05) is 24.4 Å². The van der Waals surface area contributed by atoms with E-state index in [2.05, 4.69) is 42.7 Å². The van der Waals surface area contributed by atoms with Gasteiger partial charge in [0.05, 0.1) is 5.56 Å². The van der Waals surface area contributed by atoms with Crippen molar-refractivity contribution in [2.75, 3.05) is 0 Å². The van der Waals surface area contributed by atoms with Crippen molar-refractivity contribution < 1.29 is 9.90 Å². The maximum atomic E-state index is 11.8. The van der Waals surface area contributed by atoms with Crippen LogP contribution in [0.2, 0.25) is 0 Å². The number of benzene rings is 2. The third-order valence-corrected chi connectivity index (χ3v) is 4.41. The van der Waals surface area contributed by atoms with E-state index in [0.29, 0.717) is 12.1 Å². The number of aromatic carboxylic acids is 1. The highest BCUT2D eigenvalue weighted by molar-refractivity contribution is 5.89. The summed E-state index contributed by atoms with van der Waals surface area (Å²) in [6.07, 6.45) is 0.723. The summed E-state index contributed by atoms with van der Waals surface area (Å²) in [5.74, 6) is -0.718. The third-order valence-electron chi connectivity index (χ3n) is 4.41. The number of hydrogen-bond acceptors (Lipinski definition) is 1. The minimum atomic E-state index is -0.857. The second kappa shape index (κ2) is 7.39. The Morgan fingerprint density at radius 2 is 1.52 bits per heavy atom. The van der Waals surface area contributed by atoms with E-state index in [1.54, 1.807) is 0 Å². The largest absolute Gasteiger partial charge is 0.478 e. The van der Waals surface area contributed by atoms with Crippen molar-refractivity contribution in [1.82, 2.24) is 4.57 Å². The van der Waals surface area contributed by atoms with Gasteiger partial charge in [0.25, 0.3) is 0 Å². The smallest absolute Gasteiger partial charge is 0.337 e. The standard InChI is InChI=1S/C22H23NO2/c1-16(2)21-20(22(24)25)14-19(13-17-9-5-3-6-10-17)23(21)15-18-11-7-4-8-12-18/h3-12,14,16H,13,15H2,1-2H3,(H,24,25). The van der Waals surface area contributed by atoms with Gasteiger partial charge >= 0.3 is 5.97 Å². The molecular weight excluding hydrogens is 310 g/mol. The molecular formula is C22H23NO2. The number of aromatic nitrogens is 1. The molecule has 0 bridgehead atoms. The summed E-state index contributed by atoms with van der Waals surface area (Å²) in [6, 6.07) is 22.2. The Morgan fingerprint density at radius 1 is 0.960 bits per heavy atom. The van der Waals surface area contributed by atoms with Crippen molar-refractivity contribution in [2.45, 2.75) is 32.7 Å². The van der Waals surface area contributed by atoms with Crippen molar-refractivity contribution >= 4 is 5.97 Å². The lowest BCUT2D eigenvalue weighted by atomic mass is 10.1. The zero-order valence-electron chi connectivity index (χ0n) is 14.6. The van der Waals surface area contributed by atoms with Crippen LogP contribution >= 0.6 is 0 Å². The summed E-state index contributed by atoms with van der Waals surface area (Å²) in [5, 5.41) is 9.67. The maximum absolute atomic E-state index is 11.8. The quantitative estimate of drug-likeness (QED) is 0.693. The fraction of sp³-hybridized carbons (Fsp3) is 0.227. The topological polar surface area (TPSA) is 42.2 Å². The van der Waals surface area contributed by atoms with Gasteiger partial charge in [0.15, 0.2) is 0 Å². The molecule has 0 spiro atoms. The Labute approximate surface area is 148 Å². The zero-order chi connectivity index (χ0) is 17.8. The van der Waals surface area contributed by atoms with E-state index in [0.717, 1.165) is 17.8 Å². The van der Waals surface area contributed by atoms with Crippen LogP contribution in [0.1, 0.15) is 52.6 Å². The lowest BCUT2D eigenvalue weighted by Crippen LogP contribution is -2.12. The molecule has 3 heteroatoms. The van der Waals surface area contributed by atoms with E-state index in [1.807, 2.05) is 42.5 Å². The molecule has 0 unspecified atom stereocenters. The maximum Gasteiger partial charge on any atom is 0.337 e. The minimum Gasteiger partial charge on any atom is -0.478 e. The number of carboxylic acids is 1. The number of rotatable bonds is 6. The molecule has 0 radical (unpaired) electrons. The fourth-order valence-corrected chi connectivity index (χ4v) is 3.32. The average Bonchev–Trinajstić information content (AvgIpc) is 2.95. The number of nitrogens with zero attached hydrogens (tertiary/aromatic N) is 1. The highest BCUT2D eigenvalue weighted by Crippen LogP contribution is 2.27. The second-order valence-electron chi connectivity index (χ2n) is 6.63. The van der Waals surface area contributed by atoms with Gasteiger partial charge in [0.2, 0.25) is 0 Å². The first-order valence-electron chi connectivity index (χ1n) is 8.59. The van der Waals surface area contributed by atoms with Crippen LogP contribution in [-0.2, 0) is 13.0 Å². The molecule has 1 heterocycles. The predicted octanol–water partition coefficient (Wildman–Crippen LogP) is 4.95. The van der Waals surface area contributed by atoms with Crippen LogP contribution in [0.3, 0.4) is 0 Å². The van der Waals surface area contributed by atoms with Gasteiger partial charge in [-0.2, -0.15) is 0 Å². The molecule has 0 saturated heterocycles. The zero-order valence-corrected chi connectivity index (χ0v) is 14.6. The Hall–Kier alpha value is -2.81. The first kappa shape index (κ1) is 17.0. The molecule has 0 aliphatic heterocycles. The van der Waals surface area contributed by atoms with Gasteiger partial charge in [-0.1, -0.05) is 74.5 Å². The van der Waals surface area contributed by atoms with Crippen LogP contribution in [0.25, 0.3) is 0 Å². The highest BCUT2D eigenvalue weighted by atomic mass is 16.4. The normalized spacial score (nSPS) is 11.0. The van der Waals surface area contributed by atoms with E-state index in [1.165, 1.54) is 11.1 Å². The van der Waals surface area contributed by atoms with Crippen molar-refractivity contribution in [3.8, 4) is 0 Å². The molecule has 3 nitrogen and oxygen atoms in total. The molecule has 1 N–H and O–H groups in total. The molecule has 1 aromatic heterocycles. The lowest BCUT2D eigenvalue weighted by molar-refractivity contribution is 0.0695. The summed E-state index contributed by atoms with van der Waals surface area (Å²) in [5.41, 5.74) is 4.70. The lowest BCUT2D eigenvalue weighted by Gasteiger charge is -2.17. The van der Waals surface area contributed by atoms with Crippen molar-refractivity contribution in [2.24, 2.45) is 0 Å². The number of carbonyl (C=O) groups is 1. The molecule has 0 aliphatic carbocycles. The fourth-order valence-electron chi connectivity index (χ4n) is 3.32. The Bertz CT molecular complexity index is 848. The summed E-state index contributed by atoms with van der Waals surface area (Å²) >= 11 is 0. The minimum absolute atomic E-state index is 0.138. The first-order valence-corrected chi connectivity index (χ1v) is 8.59. The average molecular weight is 333 g/mol. The van der Waals surface area contributed by atoms with Crippen LogP contribution in [-0.4, -0.2) is 15.6 Å². The van der Waals surface area contributed by atoms with Gasteiger partial charge in [-0.05, 0) is 23.1 Å². The third kappa shape index (κ3) is 3.82. The molecule has 0 fully saturated rings. The molecule has 0 aliphatic rings. The molecule has 128 valence electrons. The van der Waals surface area contributed by atoms with E-state index in [9.17, 15) is 9.90 Å². The molecule has 0 atom stereocenters. The second-order valence-corrected chi connectivity index (χ2v) is 6.63. The Balaban J connectivity index is 2.08. The van der Waals surface area contributed by atoms with Crippen molar-refractivity contribution in [3.63, 3.8) is 0 Å². The van der Waals surface area contributed by atoms with Gasteiger partial charge in [-0.3, -0.25) is 0 Å². The highest BCUT2D eigenvalue weighted by Gasteiger charge is 2.22. The van der Waals surface area contributed by atoms with E-state index >= 15 is 0 Å². The van der Waals surface area contributed by atoms with E-state index in [4.69, 9.17) is 0 Å². The van der Waals surface area contributed by atoms with Crippen LogP contribution in [0, 0.1) is 0 Å². The van der Waals surface area contributed by atoms with Crippen LogP contribution in [0.4, 0.5) is 0 Å². The summed E-state index contributed by atoms with van der Waals surface area (Å²) < 4.78 is 2.18. The van der Waals surface area contributed by atoms with E-state index in [-0.39, 0.29) is 5.92 Å². The number of carboxylic acid groups (broad SMARTS) is 1. The molecule has 0 saturated carbocycles. The summed E-state index contributed by atoms with van der Waals surface area (Å²) in [4.78, 5) is 11.8. The van der Waals surface area contributed by atoms with Gasteiger partial charge in [-0.15, -0.1) is 0 Å². The Morgan fingerprint density at radius 3 is 2.04 bits per heavy atom. The molecule has 0 amide bonds. The molecule has 3 rings (SSSR count). The van der Waals surface area contributed by atoms with E-state index < -0.39 is 5.97 Å². The number of hydrogen-bond donors (Lipinski definition) is 1. The predicted molar refractivity (Wildman–Crippen MR) is 100 cm³/mol. The van der Waals surface area contributed by atoms with Crippen molar-refractivity contribution in [3.05, 3.63) is 94.8 Å². The summed E-state index contributed by atoms with van der Waals surface area (Å²) in [7, 11) is 0. The summed E-state index contributed by atoms with van der Waals surface area (Å²) in [6.45, 7) is 4.79. The molecule has 25 heavy (non-hydrogen) atoms. The Kier molecular flexibility index (Phi) is 5.03. The SMILES string of the molecule is CC(C)c1c(C(=O)O)cc(Cc2ccccc2)n1Cc1ccccc1. The van der Waals surface area contributed by atoms with Crippen LogP contribution in [0.15, 0.2) is 66.7 Å². The molecule has 2 aromatic carbocycles. The monoisotopic (exact) mass is 333 g/mol. The first-order chi connectivity index (χ1) is 12.1. The van der Waals surface area contributed by atoms with Gasteiger partial charge in [-0.25, -0.2) is 4.79 Å². The van der Waals surface area contributed by atoms with Crippen molar-refractivity contribution in [1.29, 1.82) is 0 Å².